The van der Waals surface area contributed by atoms with Crippen molar-refractivity contribution in [2.75, 3.05) is 27.3 Å². The van der Waals surface area contributed by atoms with Gasteiger partial charge in [0.2, 0.25) is 6.29 Å². The van der Waals surface area contributed by atoms with Gasteiger partial charge in [-0.2, -0.15) is 0 Å². The van der Waals surface area contributed by atoms with Crippen LogP contribution < -0.4 is 0 Å². The van der Waals surface area contributed by atoms with Crippen LogP contribution in [0.5, 0.6) is 0 Å². The third-order valence-corrected chi connectivity index (χ3v) is 8.05. The first-order chi connectivity index (χ1) is 13.4. The summed E-state index contributed by atoms with van der Waals surface area (Å²) in [7, 11) is 3.83. The van der Waals surface area contributed by atoms with Gasteiger partial charge in [0.1, 0.15) is 5.76 Å². The predicted molar refractivity (Wildman–Crippen MR) is 103 cm³/mol. The second-order valence-corrected chi connectivity index (χ2v) is 9.44. The average molecular weight is 392 g/mol. The van der Waals surface area contributed by atoms with Crippen LogP contribution in [0, 0.1) is 17.3 Å². The number of likely N-dealkylation sites (N-methyl/N-ethyl adjacent to an activating group) is 1. The highest BCUT2D eigenvalue weighted by Crippen LogP contribution is 2.67. The number of rotatable bonds is 1. The zero-order chi connectivity index (χ0) is 19.7. The molecule has 5 aliphatic rings. The Hall–Kier alpha value is -1.08. The molecule has 3 saturated heterocycles. The fourth-order valence-corrected chi connectivity index (χ4v) is 6.80. The van der Waals surface area contributed by atoms with Crippen LogP contribution >= 0.6 is 0 Å². The molecule has 2 aliphatic carbocycles. The highest BCUT2D eigenvalue weighted by molar-refractivity contribution is 5.36. The number of nitrogens with zero attached hydrogens (tertiary/aromatic N) is 1. The molecule has 1 saturated carbocycles. The minimum Gasteiger partial charge on any atom is -0.493 e. The Morgan fingerprint density at radius 1 is 1.21 bits per heavy atom. The van der Waals surface area contributed by atoms with Crippen molar-refractivity contribution in [3.63, 3.8) is 0 Å². The standard InChI is InChI=1S/C22H33NO5/c1-13-11-14(2)27-20-21-7-9-23(3)17(22(21,24)8-10-26-13)12-15-5-6-16(25-4)19(28-20)18(15)21/h5-6,13-15,17-18,20,24H,7-12H2,1-4H3/t13-,14+,15?,17+,18?,20+,21-,22?/m0/s1. The van der Waals surface area contributed by atoms with Crippen LogP contribution in [0.4, 0.5) is 0 Å². The van der Waals surface area contributed by atoms with Gasteiger partial charge in [-0.3, -0.25) is 0 Å². The number of ether oxygens (including phenoxy) is 4. The molecule has 3 aliphatic heterocycles. The van der Waals surface area contributed by atoms with E-state index in [9.17, 15) is 5.11 Å². The Morgan fingerprint density at radius 3 is 2.82 bits per heavy atom. The van der Waals surface area contributed by atoms with Crippen molar-refractivity contribution in [1.29, 1.82) is 0 Å². The third kappa shape index (κ3) is 2.35. The van der Waals surface area contributed by atoms with E-state index in [-0.39, 0.29) is 24.2 Å². The molecule has 6 heteroatoms. The quantitative estimate of drug-likeness (QED) is 0.741. The van der Waals surface area contributed by atoms with Gasteiger partial charge in [0.25, 0.3) is 0 Å². The molecule has 2 bridgehead atoms. The SMILES string of the molecule is COC1=C2O[C@H]3O[C@H](C)C[C@H](C)OCCC4(O)[C@H]5CC(C=C1)C2[C@@]34CCN5C. The number of methoxy groups -OCH3 is 1. The molecular weight excluding hydrogens is 358 g/mol. The van der Waals surface area contributed by atoms with Gasteiger partial charge in [0.05, 0.1) is 30.3 Å². The Labute approximate surface area is 167 Å². The van der Waals surface area contributed by atoms with Crippen LogP contribution in [0.2, 0.25) is 0 Å². The van der Waals surface area contributed by atoms with E-state index in [1.165, 1.54) is 0 Å². The van der Waals surface area contributed by atoms with Crippen molar-refractivity contribution in [1.82, 2.24) is 4.90 Å². The van der Waals surface area contributed by atoms with E-state index in [1.54, 1.807) is 7.11 Å². The third-order valence-electron chi connectivity index (χ3n) is 8.05. The lowest BCUT2D eigenvalue weighted by atomic mass is 9.48. The van der Waals surface area contributed by atoms with E-state index >= 15 is 0 Å². The highest BCUT2D eigenvalue weighted by Gasteiger charge is 2.75. The number of hydrogen-bond donors (Lipinski definition) is 1. The lowest BCUT2D eigenvalue weighted by molar-refractivity contribution is -0.295. The topological polar surface area (TPSA) is 60.4 Å². The largest absolute Gasteiger partial charge is 0.493 e. The smallest absolute Gasteiger partial charge is 0.209 e. The monoisotopic (exact) mass is 391 g/mol. The molecule has 3 unspecified atom stereocenters. The first kappa shape index (κ1) is 18.9. The lowest BCUT2D eigenvalue weighted by Crippen LogP contribution is -2.74. The summed E-state index contributed by atoms with van der Waals surface area (Å²) in [6.45, 7) is 5.66. The van der Waals surface area contributed by atoms with Gasteiger partial charge in [-0.25, -0.2) is 0 Å². The second kappa shape index (κ2) is 6.46. The second-order valence-electron chi connectivity index (χ2n) is 9.44. The van der Waals surface area contributed by atoms with Crippen LogP contribution in [0.15, 0.2) is 23.7 Å². The number of hydrogen-bond acceptors (Lipinski definition) is 6. The van der Waals surface area contributed by atoms with Crippen molar-refractivity contribution in [2.24, 2.45) is 17.3 Å². The minimum absolute atomic E-state index is 0.00471. The Morgan fingerprint density at radius 2 is 2.04 bits per heavy atom. The number of likely N-dealkylation sites (tertiary alicyclic amines) is 1. The maximum absolute atomic E-state index is 12.4. The van der Waals surface area contributed by atoms with E-state index < -0.39 is 17.3 Å². The van der Waals surface area contributed by atoms with Gasteiger partial charge >= 0.3 is 0 Å². The van der Waals surface area contributed by atoms with Gasteiger partial charge in [0.15, 0.2) is 5.76 Å². The van der Waals surface area contributed by atoms with Gasteiger partial charge in [-0.1, -0.05) is 6.08 Å². The van der Waals surface area contributed by atoms with E-state index in [0.29, 0.717) is 18.9 Å². The van der Waals surface area contributed by atoms with Crippen LogP contribution in [0.25, 0.3) is 0 Å². The summed E-state index contributed by atoms with van der Waals surface area (Å²) in [5.74, 6) is 2.07. The van der Waals surface area contributed by atoms with Gasteiger partial charge < -0.3 is 29.0 Å². The van der Waals surface area contributed by atoms with E-state index in [4.69, 9.17) is 18.9 Å². The molecule has 0 radical (unpaired) electrons. The predicted octanol–water partition coefficient (Wildman–Crippen LogP) is 2.43. The highest BCUT2D eigenvalue weighted by atomic mass is 16.7. The van der Waals surface area contributed by atoms with Crippen molar-refractivity contribution < 1.29 is 24.1 Å². The molecule has 0 aromatic carbocycles. The Bertz CT molecular complexity index is 707. The normalized spacial score (nSPS) is 50.8. The van der Waals surface area contributed by atoms with Gasteiger partial charge in [-0.05, 0) is 58.7 Å². The molecule has 5 rings (SSSR count). The summed E-state index contributed by atoms with van der Waals surface area (Å²) in [5.41, 5.74) is -1.40. The molecule has 0 aromatic rings. The molecule has 28 heavy (non-hydrogen) atoms. The fraction of sp³-hybridized carbons (Fsp3) is 0.818. The molecule has 3 heterocycles. The molecule has 156 valence electrons. The maximum Gasteiger partial charge on any atom is 0.209 e. The van der Waals surface area contributed by atoms with E-state index in [0.717, 1.165) is 37.3 Å². The van der Waals surface area contributed by atoms with Crippen molar-refractivity contribution >= 4 is 0 Å². The molecule has 4 fully saturated rings. The van der Waals surface area contributed by atoms with E-state index in [2.05, 4.69) is 31.9 Å². The molecular formula is C22H33NO5. The van der Waals surface area contributed by atoms with Crippen molar-refractivity contribution in [3.8, 4) is 0 Å². The van der Waals surface area contributed by atoms with Gasteiger partial charge in [-0.15, -0.1) is 0 Å². The zero-order valence-corrected chi connectivity index (χ0v) is 17.4. The molecule has 1 spiro atoms. The number of aliphatic hydroxyl groups is 1. The molecule has 8 atom stereocenters. The molecule has 0 amide bonds. The zero-order valence-electron chi connectivity index (χ0n) is 17.4. The summed E-state index contributed by atoms with van der Waals surface area (Å²) in [6, 6.07) is 0.0685. The summed E-state index contributed by atoms with van der Waals surface area (Å²) in [4.78, 5) is 2.33. The van der Waals surface area contributed by atoms with Crippen LogP contribution in [-0.2, 0) is 18.9 Å². The summed E-state index contributed by atoms with van der Waals surface area (Å²) in [5, 5.41) is 12.4. The molecule has 6 nitrogen and oxygen atoms in total. The van der Waals surface area contributed by atoms with Crippen LogP contribution in [-0.4, -0.2) is 67.5 Å². The van der Waals surface area contributed by atoms with E-state index in [1.807, 2.05) is 6.08 Å². The first-order valence-electron chi connectivity index (χ1n) is 10.7. The summed E-state index contributed by atoms with van der Waals surface area (Å²) in [6.07, 6.45) is 7.12. The number of piperidine rings is 1. The maximum atomic E-state index is 12.4. The van der Waals surface area contributed by atoms with Crippen LogP contribution in [0.1, 0.15) is 39.5 Å². The minimum atomic E-state index is -0.922. The summed E-state index contributed by atoms with van der Waals surface area (Å²) < 4.78 is 24.8. The summed E-state index contributed by atoms with van der Waals surface area (Å²) >= 11 is 0. The van der Waals surface area contributed by atoms with Crippen LogP contribution in [0.3, 0.4) is 0 Å². The molecule has 1 N–H and O–H groups in total. The average Bonchev–Trinajstić information content (AvgIpc) is 2.96. The van der Waals surface area contributed by atoms with Gasteiger partial charge in [0, 0.05) is 25.0 Å². The Balaban J connectivity index is 1.67. The van der Waals surface area contributed by atoms with Crippen molar-refractivity contribution in [2.45, 2.75) is 69.7 Å². The first-order valence-corrected chi connectivity index (χ1v) is 10.7. The Kier molecular flexibility index (Phi) is 4.36. The number of allylic oxidation sites excluding steroid dienone is 3. The van der Waals surface area contributed by atoms with Crippen molar-refractivity contribution in [3.05, 3.63) is 23.7 Å². The lowest BCUT2D eigenvalue weighted by Gasteiger charge is -2.63. The fourth-order valence-electron chi connectivity index (χ4n) is 6.80. The molecule has 0 aromatic heterocycles.